The van der Waals surface area contributed by atoms with E-state index >= 15 is 0 Å². The number of carbonyl (C=O) groups excluding carboxylic acids is 1. The molecule has 1 saturated carbocycles. The fraction of sp³-hybridized carbons (Fsp3) is 0.462. The highest BCUT2D eigenvalue weighted by atomic mass is 79.9. The number of urea groups is 1. The van der Waals surface area contributed by atoms with Crippen LogP contribution in [0.5, 0.6) is 0 Å². The molecule has 1 aliphatic carbocycles. The number of hydrogen-bond donors (Lipinski definition) is 1. The first-order valence-corrected chi connectivity index (χ1v) is 6.76. The van der Waals surface area contributed by atoms with E-state index in [1.165, 1.54) is 12.8 Å². The number of nitrogens with zero attached hydrogens (tertiary/aromatic N) is 1. The van der Waals surface area contributed by atoms with E-state index in [-0.39, 0.29) is 6.03 Å². The summed E-state index contributed by atoms with van der Waals surface area (Å²) in [5.74, 6) is 0. The normalized spacial score (nSPS) is 15.9. The molecule has 3 nitrogen and oxygen atoms in total. The molecule has 0 bridgehead atoms. The van der Waals surface area contributed by atoms with Crippen LogP contribution < -0.4 is 10.2 Å². The van der Waals surface area contributed by atoms with Crippen molar-refractivity contribution in [2.45, 2.75) is 31.7 Å². The zero-order valence-electron chi connectivity index (χ0n) is 9.95. The standard InChI is InChI=1S/C13H17BrN2O/c1-16(12-9-5-4-8-11(12)14)13(17)15-10-6-2-3-7-10/h4-5,8-10H,2-3,6-7H2,1H3,(H,15,17). The second kappa shape index (κ2) is 5.54. The number of carbonyl (C=O) groups is 1. The Labute approximate surface area is 110 Å². The van der Waals surface area contributed by atoms with Gasteiger partial charge >= 0.3 is 6.03 Å². The molecule has 0 aromatic heterocycles. The minimum absolute atomic E-state index is 0.0243. The van der Waals surface area contributed by atoms with E-state index in [9.17, 15) is 4.79 Å². The third-order valence-corrected chi connectivity index (χ3v) is 3.87. The van der Waals surface area contributed by atoms with Crippen molar-refractivity contribution < 1.29 is 4.79 Å². The summed E-state index contributed by atoms with van der Waals surface area (Å²) in [4.78, 5) is 13.7. The van der Waals surface area contributed by atoms with E-state index < -0.39 is 0 Å². The molecule has 4 heteroatoms. The van der Waals surface area contributed by atoms with Gasteiger partial charge in [0.2, 0.25) is 0 Å². The predicted molar refractivity (Wildman–Crippen MR) is 73.3 cm³/mol. The minimum Gasteiger partial charge on any atom is -0.335 e. The van der Waals surface area contributed by atoms with Gasteiger partial charge in [-0.1, -0.05) is 25.0 Å². The van der Waals surface area contributed by atoms with Gasteiger partial charge in [0, 0.05) is 17.6 Å². The number of benzene rings is 1. The van der Waals surface area contributed by atoms with E-state index in [1.54, 1.807) is 11.9 Å². The molecule has 0 radical (unpaired) electrons. The maximum atomic E-state index is 12.0. The lowest BCUT2D eigenvalue weighted by Gasteiger charge is -2.22. The van der Waals surface area contributed by atoms with Crippen molar-refractivity contribution in [3.05, 3.63) is 28.7 Å². The molecule has 1 aromatic rings. The summed E-state index contributed by atoms with van der Waals surface area (Å²) in [5.41, 5.74) is 0.892. The molecular formula is C13H17BrN2O. The zero-order chi connectivity index (χ0) is 12.3. The molecule has 0 spiro atoms. The third-order valence-electron chi connectivity index (χ3n) is 3.20. The van der Waals surface area contributed by atoms with Crippen LogP contribution in [0.25, 0.3) is 0 Å². The van der Waals surface area contributed by atoms with Gasteiger partial charge in [-0.2, -0.15) is 0 Å². The van der Waals surface area contributed by atoms with Crippen molar-refractivity contribution in [1.29, 1.82) is 0 Å². The number of nitrogens with one attached hydrogen (secondary N) is 1. The molecule has 1 N–H and O–H groups in total. The molecular weight excluding hydrogens is 280 g/mol. The van der Waals surface area contributed by atoms with Gasteiger partial charge in [-0.25, -0.2) is 4.79 Å². The van der Waals surface area contributed by atoms with E-state index in [1.807, 2.05) is 24.3 Å². The Bertz CT molecular complexity index is 402. The third kappa shape index (κ3) is 3.00. The molecule has 92 valence electrons. The molecule has 1 fully saturated rings. The van der Waals surface area contributed by atoms with Gasteiger partial charge in [0.05, 0.1) is 5.69 Å². The number of rotatable bonds is 2. The fourth-order valence-electron chi connectivity index (χ4n) is 2.17. The van der Waals surface area contributed by atoms with Crippen molar-refractivity contribution >= 4 is 27.6 Å². The Kier molecular flexibility index (Phi) is 4.05. The summed E-state index contributed by atoms with van der Waals surface area (Å²) in [6.45, 7) is 0. The zero-order valence-corrected chi connectivity index (χ0v) is 11.5. The fourth-order valence-corrected chi connectivity index (χ4v) is 2.73. The Morgan fingerprint density at radius 2 is 2.00 bits per heavy atom. The van der Waals surface area contributed by atoms with Gasteiger partial charge in [0.1, 0.15) is 0 Å². The maximum absolute atomic E-state index is 12.0. The van der Waals surface area contributed by atoms with Crippen LogP contribution in [0.2, 0.25) is 0 Å². The van der Waals surface area contributed by atoms with Gasteiger partial charge < -0.3 is 5.32 Å². The number of para-hydroxylation sites is 1. The van der Waals surface area contributed by atoms with Gasteiger partial charge in [-0.15, -0.1) is 0 Å². The summed E-state index contributed by atoms with van der Waals surface area (Å²) < 4.78 is 0.934. The Hall–Kier alpha value is -1.03. The SMILES string of the molecule is CN(C(=O)NC1CCCC1)c1ccccc1Br. The summed E-state index contributed by atoms with van der Waals surface area (Å²) in [5, 5.41) is 3.07. The second-order valence-corrected chi connectivity index (χ2v) is 5.30. The van der Waals surface area contributed by atoms with E-state index in [0.29, 0.717) is 6.04 Å². The van der Waals surface area contributed by atoms with Crippen LogP contribution in [0.3, 0.4) is 0 Å². The van der Waals surface area contributed by atoms with Gasteiger partial charge in [0.25, 0.3) is 0 Å². The van der Waals surface area contributed by atoms with Crippen molar-refractivity contribution in [1.82, 2.24) is 5.32 Å². The summed E-state index contributed by atoms with van der Waals surface area (Å²) in [7, 11) is 1.80. The highest BCUT2D eigenvalue weighted by Gasteiger charge is 2.20. The van der Waals surface area contributed by atoms with Crippen LogP contribution in [0, 0.1) is 0 Å². The highest BCUT2D eigenvalue weighted by molar-refractivity contribution is 9.10. The smallest absolute Gasteiger partial charge is 0.321 e. The van der Waals surface area contributed by atoms with Crippen LogP contribution in [0.15, 0.2) is 28.7 Å². The minimum atomic E-state index is -0.0243. The molecule has 2 rings (SSSR count). The Morgan fingerprint density at radius 3 is 2.65 bits per heavy atom. The van der Waals surface area contributed by atoms with Gasteiger partial charge in [-0.05, 0) is 40.9 Å². The first-order valence-electron chi connectivity index (χ1n) is 5.97. The molecule has 0 unspecified atom stereocenters. The van der Waals surface area contributed by atoms with E-state index in [0.717, 1.165) is 23.0 Å². The van der Waals surface area contributed by atoms with Crippen LogP contribution in [-0.2, 0) is 0 Å². The average Bonchev–Trinajstić information content (AvgIpc) is 2.81. The first kappa shape index (κ1) is 12.4. The highest BCUT2D eigenvalue weighted by Crippen LogP contribution is 2.25. The first-order chi connectivity index (χ1) is 8.18. The van der Waals surface area contributed by atoms with Crippen molar-refractivity contribution in [3.63, 3.8) is 0 Å². The lowest BCUT2D eigenvalue weighted by atomic mass is 10.2. The summed E-state index contributed by atoms with van der Waals surface area (Å²) >= 11 is 3.46. The topological polar surface area (TPSA) is 32.3 Å². The number of hydrogen-bond acceptors (Lipinski definition) is 1. The van der Waals surface area contributed by atoms with Crippen molar-refractivity contribution in [2.75, 3.05) is 11.9 Å². The summed E-state index contributed by atoms with van der Waals surface area (Å²) in [6, 6.07) is 8.07. The quantitative estimate of drug-likeness (QED) is 0.889. The van der Waals surface area contributed by atoms with Crippen LogP contribution in [0.1, 0.15) is 25.7 Å². The Morgan fingerprint density at radius 1 is 1.35 bits per heavy atom. The van der Waals surface area contributed by atoms with Crippen molar-refractivity contribution in [2.24, 2.45) is 0 Å². The van der Waals surface area contributed by atoms with Crippen molar-refractivity contribution in [3.8, 4) is 0 Å². The largest absolute Gasteiger partial charge is 0.335 e. The van der Waals surface area contributed by atoms with E-state index in [4.69, 9.17) is 0 Å². The average molecular weight is 297 g/mol. The molecule has 0 atom stereocenters. The van der Waals surface area contributed by atoms with E-state index in [2.05, 4.69) is 21.2 Å². The molecule has 1 aliphatic rings. The number of amides is 2. The molecule has 17 heavy (non-hydrogen) atoms. The molecule has 0 aliphatic heterocycles. The van der Waals surface area contributed by atoms with Gasteiger partial charge in [0.15, 0.2) is 0 Å². The van der Waals surface area contributed by atoms with Crippen LogP contribution in [-0.4, -0.2) is 19.1 Å². The molecule has 0 saturated heterocycles. The number of halogens is 1. The van der Waals surface area contributed by atoms with Crippen LogP contribution >= 0.6 is 15.9 Å². The maximum Gasteiger partial charge on any atom is 0.321 e. The molecule has 0 heterocycles. The molecule has 1 aromatic carbocycles. The predicted octanol–water partition coefficient (Wildman–Crippen LogP) is 3.54. The monoisotopic (exact) mass is 296 g/mol. The lowest BCUT2D eigenvalue weighted by Crippen LogP contribution is -2.42. The lowest BCUT2D eigenvalue weighted by molar-refractivity contribution is 0.244. The second-order valence-electron chi connectivity index (χ2n) is 4.44. The number of anilines is 1. The summed E-state index contributed by atoms with van der Waals surface area (Å²) in [6.07, 6.45) is 4.67. The Balaban J connectivity index is 2.01. The molecule has 2 amide bonds. The van der Waals surface area contributed by atoms with Crippen LogP contribution in [0.4, 0.5) is 10.5 Å². The van der Waals surface area contributed by atoms with Gasteiger partial charge in [-0.3, -0.25) is 4.90 Å².